The molecule has 8 heteroatoms. The lowest BCUT2D eigenvalue weighted by Crippen LogP contribution is -2.19. The van der Waals surface area contributed by atoms with Gasteiger partial charge >= 0.3 is 5.97 Å². The molecule has 0 aliphatic heterocycles. The Kier molecular flexibility index (Phi) is 4.05. The largest absolute Gasteiger partial charge is 0.493 e. The number of sulfonamides is 1. The van der Waals surface area contributed by atoms with E-state index < -0.39 is 16.0 Å². The monoisotopic (exact) mass is 261 g/mol. The van der Waals surface area contributed by atoms with E-state index in [2.05, 4.69) is 0 Å². The zero-order valence-electron chi connectivity index (χ0n) is 8.87. The van der Waals surface area contributed by atoms with Crippen molar-refractivity contribution in [3.8, 4) is 5.75 Å². The molecule has 0 aromatic heterocycles. The molecule has 0 saturated heterocycles. The van der Waals surface area contributed by atoms with Crippen LogP contribution < -0.4 is 9.62 Å². The fourth-order valence-electron chi connectivity index (χ4n) is 1.18. The summed E-state index contributed by atoms with van der Waals surface area (Å²) in [5, 5.41) is 17.3. The molecule has 0 spiro atoms. The van der Waals surface area contributed by atoms with Gasteiger partial charge in [0.25, 0.3) is 10.0 Å². The van der Waals surface area contributed by atoms with Gasteiger partial charge in [-0.3, -0.25) is 0 Å². The minimum absolute atomic E-state index is 0.0666. The van der Waals surface area contributed by atoms with Crippen LogP contribution in [0.5, 0.6) is 5.75 Å². The highest BCUT2D eigenvalue weighted by Crippen LogP contribution is 2.22. The Bertz CT molecular complexity index is 524. The van der Waals surface area contributed by atoms with Crippen LogP contribution in [-0.4, -0.2) is 31.3 Å². The summed E-state index contributed by atoms with van der Waals surface area (Å²) in [6.07, 6.45) is 0. The van der Waals surface area contributed by atoms with Gasteiger partial charge in [-0.25, -0.2) is 13.2 Å². The summed E-state index contributed by atoms with van der Waals surface area (Å²) in [6, 6.07) is 3.26. The maximum atomic E-state index is 11.3. The van der Waals surface area contributed by atoms with E-state index in [9.17, 15) is 13.2 Å². The zero-order chi connectivity index (χ0) is 13.1. The van der Waals surface area contributed by atoms with Crippen LogP contribution in [0.1, 0.15) is 17.3 Å². The fourth-order valence-corrected chi connectivity index (χ4v) is 1.80. The fraction of sp³-hybridized carbons (Fsp3) is 0.222. The van der Waals surface area contributed by atoms with Crippen LogP contribution in [0.25, 0.3) is 0 Å². The maximum Gasteiger partial charge on any atom is 0.339 e. The third-order valence-corrected chi connectivity index (χ3v) is 3.03. The number of carbonyl (C=O) groups is 1. The summed E-state index contributed by atoms with van der Waals surface area (Å²) in [7, 11) is -4.10. The van der Waals surface area contributed by atoms with Gasteiger partial charge in [-0.1, -0.05) is 4.89 Å². The highest BCUT2D eigenvalue weighted by atomic mass is 32.2. The number of benzene rings is 1. The van der Waals surface area contributed by atoms with Crippen molar-refractivity contribution in [3.63, 3.8) is 0 Å². The summed E-state index contributed by atoms with van der Waals surface area (Å²) in [6.45, 7) is 1.93. The average molecular weight is 261 g/mol. The smallest absolute Gasteiger partial charge is 0.339 e. The summed E-state index contributed by atoms with van der Waals surface area (Å²) in [5.41, 5.74) is -0.289. The number of carboxylic acid groups (broad SMARTS) is 1. The van der Waals surface area contributed by atoms with Crippen LogP contribution in [0.4, 0.5) is 0 Å². The first-order chi connectivity index (χ1) is 7.92. The Balaban J connectivity index is 3.33. The van der Waals surface area contributed by atoms with Crippen LogP contribution in [0.15, 0.2) is 23.1 Å². The summed E-state index contributed by atoms with van der Waals surface area (Å²) in [4.78, 5) is 11.7. The van der Waals surface area contributed by atoms with Crippen LogP contribution in [0.3, 0.4) is 0 Å². The van der Waals surface area contributed by atoms with Crippen molar-refractivity contribution >= 4 is 16.0 Å². The lowest BCUT2D eigenvalue weighted by Gasteiger charge is -2.08. The topological polar surface area (TPSA) is 113 Å². The Hall–Kier alpha value is -1.64. The average Bonchev–Trinajstić information content (AvgIpc) is 2.29. The van der Waals surface area contributed by atoms with Crippen LogP contribution in [0, 0.1) is 0 Å². The quantitative estimate of drug-likeness (QED) is 0.663. The molecule has 0 fully saturated rings. The highest BCUT2D eigenvalue weighted by molar-refractivity contribution is 7.89. The van der Waals surface area contributed by atoms with Gasteiger partial charge in [0.15, 0.2) is 0 Å². The number of hydrogen-bond acceptors (Lipinski definition) is 5. The minimum atomic E-state index is -4.10. The molecule has 0 saturated carbocycles. The van der Waals surface area contributed by atoms with Crippen LogP contribution >= 0.6 is 0 Å². The Labute approximate surface area is 97.7 Å². The molecule has 3 N–H and O–H groups in total. The molecule has 0 radical (unpaired) electrons. The second-order valence-electron chi connectivity index (χ2n) is 2.99. The first-order valence-electron chi connectivity index (χ1n) is 4.58. The third-order valence-electron chi connectivity index (χ3n) is 1.91. The van der Waals surface area contributed by atoms with Crippen molar-refractivity contribution < 1.29 is 28.3 Å². The lowest BCUT2D eigenvalue weighted by molar-refractivity contribution is 0.0692. The predicted octanol–water partition coefficient (Wildman–Crippen LogP) is 0.451. The van der Waals surface area contributed by atoms with E-state index >= 15 is 0 Å². The molecule has 0 bridgehead atoms. The van der Waals surface area contributed by atoms with Crippen molar-refractivity contribution in [2.45, 2.75) is 11.8 Å². The molecule has 0 atom stereocenters. The minimum Gasteiger partial charge on any atom is -0.493 e. The number of carboxylic acids is 1. The van der Waals surface area contributed by atoms with Gasteiger partial charge < -0.3 is 15.1 Å². The molecule has 0 amide bonds. The van der Waals surface area contributed by atoms with E-state index in [0.717, 1.165) is 17.0 Å². The second kappa shape index (κ2) is 5.13. The van der Waals surface area contributed by atoms with Gasteiger partial charge in [0.05, 0.1) is 11.5 Å². The van der Waals surface area contributed by atoms with Gasteiger partial charge in [0.1, 0.15) is 11.3 Å². The summed E-state index contributed by atoms with van der Waals surface area (Å²) >= 11 is 0. The molecule has 0 aliphatic rings. The Morgan fingerprint density at radius 2 is 2.12 bits per heavy atom. The zero-order valence-corrected chi connectivity index (χ0v) is 9.69. The van der Waals surface area contributed by atoms with Crippen molar-refractivity contribution in [2.75, 3.05) is 6.61 Å². The molecule has 94 valence electrons. The first kappa shape index (κ1) is 13.4. The van der Waals surface area contributed by atoms with Gasteiger partial charge in [0, 0.05) is 0 Å². The summed E-state index contributed by atoms with van der Waals surface area (Å²) < 4.78 is 27.5. The van der Waals surface area contributed by atoms with Crippen LogP contribution in [0.2, 0.25) is 0 Å². The molecule has 17 heavy (non-hydrogen) atoms. The van der Waals surface area contributed by atoms with E-state index in [0.29, 0.717) is 0 Å². The standard InChI is InChI=1S/C9H11NO6S/c1-2-16-8-4-3-6(17(14,15)10-13)5-7(8)9(11)12/h3-5,10,13H,2H2,1H3,(H,11,12). The van der Waals surface area contributed by atoms with Crippen molar-refractivity contribution in [3.05, 3.63) is 23.8 Å². The number of ether oxygens (including phenoxy) is 1. The molecule has 1 aromatic rings. The normalized spacial score (nSPS) is 11.2. The number of aromatic carboxylic acids is 1. The van der Waals surface area contributed by atoms with E-state index in [4.69, 9.17) is 15.1 Å². The van der Waals surface area contributed by atoms with Gasteiger partial charge in [-0.05, 0) is 25.1 Å². The Morgan fingerprint density at radius 1 is 1.47 bits per heavy atom. The third kappa shape index (κ3) is 2.93. The lowest BCUT2D eigenvalue weighted by atomic mass is 10.2. The van der Waals surface area contributed by atoms with Gasteiger partial charge in [-0.15, -0.1) is 0 Å². The van der Waals surface area contributed by atoms with Gasteiger partial charge in [0.2, 0.25) is 0 Å². The predicted molar refractivity (Wildman–Crippen MR) is 56.7 cm³/mol. The molecular weight excluding hydrogens is 250 g/mol. The van der Waals surface area contributed by atoms with E-state index in [-0.39, 0.29) is 22.8 Å². The molecular formula is C9H11NO6S. The molecule has 1 aromatic carbocycles. The van der Waals surface area contributed by atoms with Gasteiger partial charge in [-0.2, -0.15) is 0 Å². The number of hydrogen-bond donors (Lipinski definition) is 3. The van der Waals surface area contributed by atoms with Crippen LogP contribution in [-0.2, 0) is 10.0 Å². The van der Waals surface area contributed by atoms with Crippen molar-refractivity contribution in [1.82, 2.24) is 4.89 Å². The molecule has 0 heterocycles. The van der Waals surface area contributed by atoms with E-state index in [1.165, 1.54) is 6.07 Å². The SMILES string of the molecule is CCOc1ccc(S(=O)(=O)NO)cc1C(=O)O. The molecule has 1 rings (SSSR count). The van der Waals surface area contributed by atoms with Crippen molar-refractivity contribution in [1.29, 1.82) is 0 Å². The maximum absolute atomic E-state index is 11.3. The van der Waals surface area contributed by atoms with E-state index in [1.54, 1.807) is 6.92 Å². The summed E-state index contributed by atoms with van der Waals surface area (Å²) in [5.74, 6) is -1.25. The molecule has 0 unspecified atom stereocenters. The molecule has 0 aliphatic carbocycles. The highest BCUT2D eigenvalue weighted by Gasteiger charge is 2.18. The first-order valence-corrected chi connectivity index (χ1v) is 6.06. The second-order valence-corrected chi connectivity index (χ2v) is 4.65. The number of nitrogens with one attached hydrogen (secondary N) is 1. The Morgan fingerprint density at radius 3 is 2.59 bits per heavy atom. The number of rotatable bonds is 5. The van der Waals surface area contributed by atoms with E-state index in [1.807, 2.05) is 0 Å². The van der Waals surface area contributed by atoms with Crippen molar-refractivity contribution in [2.24, 2.45) is 0 Å². The molecule has 7 nitrogen and oxygen atoms in total.